The highest BCUT2D eigenvalue weighted by atomic mass is 35.5. The summed E-state index contributed by atoms with van der Waals surface area (Å²) in [5.41, 5.74) is 1.35. The molecule has 1 saturated carbocycles. The summed E-state index contributed by atoms with van der Waals surface area (Å²) in [5, 5.41) is 0.864. The molecule has 0 spiro atoms. The average Bonchev–Trinajstić information content (AvgIpc) is 3.52. The number of hydrogen-bond donors (Lipinski definition) is 0. The first-order valence-electron chi connectivity index (χ1n) is 10.4. The van der Waals surface area contributed by atoms with E-state index in [1.807, 2.05) is 12.1 Å². The van der Waals surface area contributed by atoms with Gasteiger partial charge in [-0.2, -0.15) is 0 Å². The largest absolute Gasteiger partial charge is 0.493 e. The molecule has 1 N–H and O–H groups in total. The number of benzene rings is 1. The zero-order valence-electron chi connectivity index (χ0n) is 17.8. The Hall–Kier alpha value is -2.61. The molecule has 0 amide bonds. The van der Waals surface area contributed by atoms with Crippen molar-refractivity contribution in [1.29, 1.82) is 0 Å². The molecule has 4 rings (SSSR count). The smallest absolute Gasteiger partial charge is 0.348 e. The Bertz CT molecular complexity index is 1140. The van der Waals surface area contributed by atoms with Gasteiger partial charge < -0.3 is 14.2 Å². The van der Waals surface area contributed by atoms with Gasteiger partial charge in [-0.15, -0.1) is 11.3 Å². The van der Waals surface area contributed by atoms with Crippen LogP contribution in [0, 0.1) is 5.92 Å². The van der Waals surface area contributed by atoms with E-state index in [-0.39, 0.29) is 6.42 Å². The minimum absolute atomic E-state index is 0.248. The zero-order valence-corrected chi connectivity index (χ0v) is 20.1. The molecule has 6 nitrogen and oxygen atoms in total. The molecule has 1 unspecified atom stereocenters. The number of rotatable bonds is 10. The molecular formula is C24H22Cl2NO5S+. The lowest BCUT2D eigenvalue weighted by Crippen LogP contribution is -2.15. The quantitative estimate of drug-likeness (QED) is 0.263. The van der Waals surface area contributed by atoms with Crippen molar-refractivity contribution in [2.75, 3.05) is 13.7 Å². The number of thiophene rings is 1. The number of aromatic nitrogens is 1. The molecule has 172 valence electrons. The van der Waals surface area contributed by atoms with Gasteiger partial charge >= 0.3 is 5.97 Å². The van der Waals surface area contributed by atoms with Gasteiger partial charge in [0.25, 0.3) is 0 Å². The highest BCUT2D eigenvalue weighted by Crippen LogP contribution is 2.37. The van der Waals surface area contributed by atoms with Crippen LogP contribution in [0.2, 0.25) is 10.0 Å². The Morgan fingerprint density at radius 1 is 1.18 bits per heavy atom. The SMILES string of the molecule is COc1ccc(C(Cc2c(Cl)c[nH+]cc2Cl)OC(=O)c2ccc(C=O)s2)cc1OCC1CC1. The lowest BCUT2D eigenvalue weighted by Gasteiger charge is -2.20. The summed E-state index contributed by atoms with van der Waals surface area (Å²) in [6.07, 6.45) is 5.81. The summed E-state index contributed by atoms with van der Waals surface area (Å²) in [5.74, 6) is 1.21. The maximum Gasteiger partial charge on any atom is 0.348 e. The predicted octanol–water partition coefficient (Wildman–Crippen LogP) is 5.62. The van der Waals surface area contributed by atoms with Gasteiger partial charge in [0.1, 0.15) is 21.0 Å². The summed E-state index contributed by atoms with van der Waals surface area (Å²) in [6, 6.07) is 8.59. The van der Waals surface area contributed by atoms with Gasteiger partial charge in [-0.25, -0.2) is 9.78 Å². The van der Waals surface area contributed by atoms with Crippen molar-refractivity contribution in [1.82, 2.24) is 0 Å². The molecule has 0 bridgehead atoms. The van der Waals surface area contributed by atoms with Crippen LogP contribution in [0.25, 0.3) is 0 Å². The van der Waals surface area contributed by atoms with E-state index in [1.54, 1.807) is 37.7 Å². The van der Waals surface area contributed by atoms with E-state index < -0.39 is 12.1 Å². The number of H-pyrrole nitrogens is 1. The third kappa shape index (κ3) is 5.85. The summed E-state index contributed by atoms with van der Waals surface area (Å²) < 4.78 is 17.3. The van der Waals surface area contributed by atoms with Crippen molar-refractivity contribution in [2.24, 2.45) is 5.92 Å². The van der Waals surface area contributed by atoms with Crippen LogP contribution in [0.5, 0.6) is 11.5 Å². The minimum atomic E-state index is -0.703. The monoisotopic (exact) mass is 506 g/mol. The second-order valence-electron chi connectivity index (χ2n) is 7.71. The fourth-order valence-electron chi connectivity index (χ4n) is 3.30. The topological polar surface area (TPSA) is 76.0 Å². The van der Waals surface area contributed by atoms with E-state index in [9.17, 15) is 9.59 Å². The molecule has 3 aromatic rings. The third-order valence-corrected chi connectivity index (χ3v) is 6.98. The van der Waals surface area contributed by atoms with E-state index in [2.05, 4.69) is 4.98 Å². The Morgan fingerprint density at radius 2 is 1.94 bits per heavy atom. The van der Waals surface area contributed by atoms with Crippen molar-refractivity contribution in [3.63, 3.8) is 0 Å². The van der Waals surface area contributed by atoms with Gasteiger partial charge in [0.05, 0.1) is 18.6 Å². The lowest BCUT2D eigenvalue weighted by atomic mass is 10.0. The summed E-state index contributed by atoms with van der Waals surface area (Å²) in [4.78, 5) is 27.6. The van der Waals surface area contributed by atoms with Gasteiger partial charge in [0.15, 0.2) is 30.2 Å². The molecule has 1 aliphatic carbocycles. The van der Waals surface area contributed by atoms with Crippen molar-refractivity contribution < 1.29 is 28.8 Å². The number of esters is 1. The second-order valence-corrected chi connectivity index (χ2v) is 9.64. The van der Waals surface area contributed by atoms with Crippen LogP contribution >= 0.6 is 34.5 Å². The normalized spacial score (nSPS) is 13.9. The summed E-state index contributed by atoms with van der Waals surface area (Å²) in [6.45, 7) is 0.611. The average molecular weight is 507 g/mol. The predicted molar refractivity (Wildman–Crippen MR) is 126 cm³/mol. The van der Waals surface area contributed by atoms with Gasteiger partial charge in [-0.3, -0.25) is 4.79 Å². The summed E-state index contributed by atoms with van der Waals surface area (Å²) >= 11 is 13.8. The Balaban J connectivity index is 1.65. The molecule has 1 atom stereocenters. The third-order valence-electron chi connectivity index (χ3n) is 5.31. The number of ether oxygens (including phenoxy) is 3. The number of aldehydes is 1. The number of carbonyl (C=O) groups excluding carboxylic acids is 2. The van der Waals surface area contributed by atoms with Crippen LogP contribution in [-0.2, 0) is 11.2 Å². The highest BCUT2D eigenvalue weighted by molar-refractivity contribution is 7.15. The minimum Gasteiger partial charge on any atom is -0.493 e. The molecule has 33 heavy (non-hydrogen) atoms. The van der Waals surface area contributed by atoms with E-state index in [0.29, 0.717) is 61.2 Å². The highest BCUT2D eigenvalue weighted by Gasteiger charge is 2.26. The van der Waals surface area contributed by atoms with Gasteiger partial charge in [-0.05, 0) is 48.6 Å². The van der Waals surface area contributed by atoms with Gasteiger partial charge in [0, 0.05) is 12.0 Å². The molecular weight excluding hydrogens is 485 g/mol. The molecule has 1 fully saturated rings. The molecule has 9 heteroatoms. The number of pyridine rings is 1. The van der Waals surface area contributed by atoms with Crippen LogP contribution in [-0.4, -0.2) is 26.0 Å². The number of halogens is 2. The van der Waals surface area contributed by atoms with Crippen LogP contribution in [0.1, 0.15) is 49.4 Å². The van der Waals surface area contributed by atoms with E-state index >= 15 is 0 Å². The Kier molecular flexibility index (Phi) is 7.53. The van der Waals surface area contributed by atoms with Crippen LogP contribution in [0.4, 0.5) is 0 Å². The number of nitrogens with one attached hydrogen (secondary N) is 1. The van der Waals surface area contributed by atoms with E-state index in [0.717, 1.165) is 24.2 Å². The number of hydrogen-bond acceptors (Lipinski definition) is 6. The molecule has 0 saturated heterocycles. The first-order valence-corrected chi connectivity index (χ1v) is 12.0. The fourth-order valence-corrected chi connectivity index (χ4v) is 4.53. The van der Waals surface area contributed by atoms with Gasteiger partial charge in [-0.1, -0.05) is 29.3 Å². The zero-order chi connectivity index (χ0) is 23.4. The molecule has 1 aromatic carbocycles. The van der Waals surface area contributed by atoms with Crippen LogP contribution < -0.4 is 14.5 Å². The molecule has 0 aliphatic heterocycles. The molecule has 2 heterocycles. The second kappa shape index (κ2) is 10.5. The maximum absolute atomic E-state index is 12.9. The molecule has 0 radical (unpaired) electrons. The van der Waals surface area contributed by atoms with E-state index in [4.69, 9.17) is 37.4 Å². The Labute approximate surface area is 205 Å². The van der Waals surface area contributed by atoms with Crippen LogP contribution in [0.15, 0.2) is 42.7 Å². The molecule has 2 aromatic heterocycles. The Morgan fingerprint density at radius 3 is 2.58 bits per heavy atom. The standard InChI is InChI=1S/C24H21Cl2NO5S/c1-30-20-6-4-15(8-22(20)31-13-14-2-3-14)21(9-17-18(25)10-27-11-19(17)26)32-24(29)23-7-5-16(12-28)33-23/h4-8,10-12,14,21H,2-3,9,13H2,1H3/p+1. The first kappa shape index (κ1) is 23.5. The number of methoxy groups -OCH3 is 1. The number of carbonyl (C=O) groups is 2. The fraction of sp³-hybridized carbons (Fsp3) is 0.292. The van der Waals surface area contributed by atoms with Crippen molar-refractivity contribution >= 4 is 46.8 Å². The van der Waals surface area contributed by atoms with Crippen molar-refractivity contribution in [3.05, 3.63) is 73.7 Å². The number of aromatic amines is 1. The first-order chi connectivity index (χ1) is 16.0. The molecule has 1 aliphatic rings. The summed E-state index contributed by atoms with van der Waals surface area (Å²) in [7, 11) is 1.58. The van der Waals surface area contributed by atoms with Crippen LogP contribution in [0.3, 0.4) is 0 Å². The maximum atomic E-state index is 12.9. The van der Waals surface area contributed by atoms with E-state index in [1.165, 1.54) is 0 Å². The lowest BCUT2D eigenvalue weighted by molar-refractivity contribution is -0.377. The van der Waals surface area contributed by atoms with Crippen molar-refractivity contribution in [3.8, 4) is 11.5 Å². The van der Waals surface area contributed by atoms with Crippen molar-refractivity contribution in [2.45, 2.75) is 25.4 Å². The van der Waals surface area contributed by atoms with Gasteiger partial charge in [0.2, 0.25) is 0 Å².